The second-order valence-corrected chi connectivity index (χ2v) is 18.3. The molecule has 1 unspecified atom stereocenters. The first kappa shape index (κ1) is 36.3. The van der Waals surface area contributed by atoms with E-state index in [0.717, 1.165) is 101 Å². The molecule has 5 nitrogen and oxygen atoms in total. The van der Waals surface area contributed by atoms with Crippen LogP contribution >= 0.6 is 11.3 Å². The molecule has 0 spiro atoms. The van der Waals surface area contributed by atoms with E-state index in [1.165, 1.54) is 25.9 Å². The van der Waals surface area contributed by atoms with Crippen LogP contribution in [0.5, 0.6) is 0 Å². The molecule has 4 heterocycles. The zero-order valence-corrected chi connectivity index (χ0v) is 35.5. The lowest BCUT2D eigenvalue weighted by atomic mass is 9.85. The van der Waals surface area contributed by atoms with E-state index < -0.39 is 0 Å². The number of benzene rings is 7. The highest BCUT2D eigenvalue weighted by molar-refractivity contribution is 7.20. The van der Waals surface area contributed by atoms with Gasteiger partial charge in [0.25, 0.3) is 0 Å². The van der Waals surface area contributed by atoms with Crippen molar-refractivity contribution in [2.45, 2.75) is 32.6 Å². The number of para-hydroxylation sites is 2. The van der Waals surface area contributed by atoms with Gasteiger partial charge in [-0.1, -0.05) is 129 Å². The summed E-state index contributed by atoms with van der Waals surface area (Å²) in [6.45, 7) is 4.60. The Morgan fingerprint density at radius 3 is 2.21 bits per heavy atom. The fourth-order valence-corrected chi connectivity index (χ4v) is 11.3. The summed E-state index contributed by atoms with van der Waals surface area (Å²) in [7, 11) is 0. The fourth-order valence-electron chi connectivity index (χ4n) is 10.0. The van der Waals surface area contributed by atoms with Crippen LogP contribution in [0.1, 0.15) is 54.4 Å². The Hall–Kier alpha value is -7.41. The smallest absolute Gasteiger partial charge is 0.164 e. The van der Waals surface area contributed by atoms with Gasteiger partial charge in [-0.3, -0.25) is 0 Å². The van der Waals surface area contributed by atoms with Gasteiger partial charge in [-0.05, 0) is 112 Å². The van der Waals surface area contributed by atoms with Gasteiger partial charge in [0, 0.05) is 53.4 Å². The van der Waals surface area contributed by atoms with Crippen molar-refractivity contribution in [1.29, 1.82) is 0 Å². The molecule has 0 bridgehead atoms. The maximum Gasteiger partial charge on any atom is 0.164 e. The molecule has 0 fully saturated rings. The normalized spacial score (nSPS) is 16.4. The SMILES string of the molecule is CC1C=CC(c2cccc3oc4c(-c5ccc6c7c(sc6c5)C=CC[C@@H]7C)cccc4c23)=C(c2nc(-c3ccc4ccccc4c3)nc(-c3ccc4oc5ccccc5c4c3)n2)C1. The van der Waals surface area contributed by atoms with E-state index in [9.17, 15) is 0 Å². The van der Waals surface area contributed by atoms with Gasteiger partial charge in [0.15, 0.2) is 17.5 Å². The van der Waals surface area contributed by atoms with E-state index in [4.69, 9.17) is 23.8 Å². The summed E-state index contributed by atoms with van der Waals surface area (Å²) in [4.78, 5) is 17.3. The molecule has 63 heavy (non-hydrogen) atoms. The molecule has 4 aromatic heterocycles. The van der Waals surface area contributed by atoms with Crippen LogP contribution < -0.4 is 0 Å². The average Bonchev–Trinajstić information content (AvgIpc) is 4.02. The number of hydrogen-bond donors (Lipinski definition) is 0. The molecule has 2 atom stereocenters. The standard InChI is InChI=1S/C57H39N3O2S/c1-32-20-25-40(42-15-9-18-49-53(42)44-16-8-14-39(54(44)62-49)36-23-26-43-51(31-36)63-50-19-7-10-33(2)52(43)50)46(28-32)57-59-55(37-22-21-34-11-3-4-12-35(34)29-37)58-56(60-57)38-24-27-48-45(30-38)41-13-5-6-17-47(41)61-48/h3-9,11-27,29-33H,10,28H2,1-2H3/t32?,33-/m0/s1. The summed E-state index contributed by atoms with van der Waals surface area (Å²) < 4.78 is 14.4. The van der Waals surface area contributed by atoms with E-state index in [0.29, 0.717) is 23.4 Å². The monoisotopic (exact) mass is 829 g/mol. The number of nitrogens with zero attached hydrogens (tertiary/aromatic N) is 3. The number of thiophene rings is 1. The van der Waals surface area contributed by atoms with Crippen LogP contribution in [0.3, 0.4) is 0 Å². The molecular weight excluding hydrogens is 791 g/mol. The number of fused-ring (bicyclic) bond motifs is 10. The third-order valence-corrected chi connectivity index (χ3v) is 14.3. The van der Waals surface area contributed by atoms with Crippen LogP contribution in [0.25, 0.3) is 116 Å². The molecule has 300 valence electrons. The minimum absolute atomic E-state index is 0.282. The van der Waals surface area contributed by atoms with Crippen LogP contribution in [-0.4, -0.2) is 15.0 Å². The van der Waals surface area contributed by atoms with Crippen molar-refractivity contribution in [3.63, 3.8) is 0 Å². The maximum atomic E-state index is 6.89. The number of aromatic nitrogens is 3. The Balaban J connectivity index is 1.00. The molecule has 0 amide bonds. The Morgan fingerprint density at radius 1 is 0.556 bits per heavy atom. The average molecular weight is 830 g/mol. The van der Waals surface area contributed by atoms with Gasteiger partial charge >= 0.3 is 0 Å². The van der Waals surface area contributed by atoms with Crippen molar-refractivity contribution >= 4 is 93.3 Å². The van der Waals surface area contributed by atoms with E-state index in [2.05, 4.69) is 153 Å². The minimum Gasteiger partial charge on any atom is -0.456 e. The zero-order valence-electron chi connectivity index (χ0n) is 34.7. The first-order chi connectivity index (χ1) is 31.0. The first-order valence-electron chi connectivity index (χ1n) is 21.8. The quantitative estimate of drug-likeness (QED) is 0.173. The maximum absolute atomic E-state index is 6.89. The van der Waals surface area contributed by atoms with E-state index >= 15 is 0 Å². The summed E-state index contributed by atoms with van der Waals surface area (Å²) in [6, 6.07) is 49.2. The highest BCUT2D eigenvalue weighted by Crippen LogP contribution is 2.46. The molecule has 0 radical (unpaired) electrons. The van der Waals surface area contributed by atoms with Gasteiger partial charge in [-0.25, -0.2) is 15.0 Å². The van der Waals surface area contributed by atoms with Gasteiger partial charge in [-0.15, -0.1) is 11.3 Å². The molecule has 2 aliphatic rings. The largest absolute Gasteiger partial charge is 0.456 e. The summed E-state index contributed by atoms with van der Waals surface area (Å²) in [5.74, 6) is 2.74. The summed E-state index contributed by atoms with van der Waals surface area (Å²) in [5.41, 5.74) is 12.3. The summed E-state index contributed by atoms with van der Waals surface area (Å²) >= 11 is 1.89. The van der Waals surface area contributed by atoms with Gasteiger partial charge in [-0.2, -0.15) is 0 Å². The summed E-state index contributed by atoms with van der Waals surface area (Å²) in [5, 5.41) is 7.96. The van der Waals surface area contributed by atoms with Gasteiger partial charge in [0.2, 0.25) is 0 Å². The van der Waals surface area contributed by atoms with Gasteiger partial charge < -0.3 is 8.83 Å². The van der Waals surface area contributed by atoms with E-state index in [-0.39, 0.29) is 5.92 Å². The molecule has 11 aromatic rings. The number of hydrogen-bond acceptors (Lipinski definition) is 6. The molecule has 0 N–H and O–H groups in total. The first-order valence-corrected chi connectivity index (χ1v) is 22.6. The van der Waals surface area contributed by atoms with Gasteiger partial charge in [0.05, 0.1) is 0 Å². The van der Waals surface area contributed by atoms with Crippen LogP contribution in [0.4, 0.5) is 0 Å². The van der Waals surface area contributed by atoms with Crippen LogP contribution in [0, 0.1) is 5.92 Å². The molecule has 2 aliphatic carbocycles. The van der Waals surface area contributed by atoms with Crippen LogP contribution in [0.15, 0.2) is 167 Å². The van der Waals surface area contributed by atoms with Crippen molar-refractivity contribution in [3.8, 4) is 33.9 Å². The predicted molar refractivity (Wildman–Crippen MR) is 262 cm³/mol. The highest BCUT2D eigenvalue weighted by atomic mass is 32.1. The minimum atomic E-state index is 0.282. The molecule has 0 saturated carbocycles. The Morgan fingerprint density at radius 2 is 1.29 bits per heavy atom. The predicted octanol–water partition coefficient (Wildman–Crippen LogP) is 16.1. The lowest BCUT2D eigenvalue weighted by molar-refractivity contribution is 0.669. The topological polar surface area (TPSA) is 65.0 Å². The van der Waals surface area contributed by atoms with Gasteiger partial charge in [0.1, 0.15) is 22.3 Å². The third kappa shape index (κ3) is 5.85. The van der Waals surface area contributed by atoms with Crippen LogP contribution in [0.2, 0.25) is 0 Å². The van der Waals surface area contributed by atoms with Crippen molar-refractivity contribution < 1.29 is 8.83 Å². The zero-order chi connectivity index (χ0) is 41.8. The van der Waals surface area contributed by atoms with Crippen molar-refractivity contribution in [3.05, 3.63) is 180 Å². The number of furan rings is 2. The van der Waals surface area contributed by atoms with Crippen molar-refractivity contribution in [1.82, 2.24) is 15.0 Å². The second kappa shape index (κ2) is 14.1. The lowest BCUT2D eigenvalue weighted by Crippen LogP contribution is -2.08. The van der Waals surface area contributed by atoms with E-state index in [1.54, 1.807) is 0 Å². The highest BCUT2D eigenvalue weighted by Gasteiger charge is 2.25. The molecule has 6 heteroatoms. The third-order valence-electron chi connectivity index (χ3n) is 13.1. The van der Waals surface area contributed by atoms with E-state index in [1.807, 2.05) is 35.6 Å². The number of rotatable bonds is 5. The molecule has 0 saturated heterocycles. The Bertz CT molecular complexity index is 3800. The fraction of sp³-hybridized carbons (Fsp3) is 0.105. The molecular formula is C57H39N3O2S. The van der Waals surface area contributed by atoms with Crippen molar-refractivity contribution in [2.75, 3.05) is 0 Å². The second-order valence-electron chi connectivity index (χ2n) is 17.2. The number of allylic oxidation sites excluding steroid dienone is 5. The molecule has 13 rings (SSSR count). The molecule has 0 aliphatic heterocycles. The Labute approximate surface area is 367 Å². The summed E-state index contributed by atoms with van der Waals surface area (Å²) in [6.07, 6.45) is 11.1. The molecule has 7 aromatic carbocycles. The Kier molecular flexibility index (Phi) is 8.09. The van der Waals surface area contributed by atoms with Crippen LogP contribution in [-0.2, 0) is 0 Å². The lowest BCUT2D eigenvalue weighted by Gasteiger charge is -2.21. The van der Waals surface area contributed by atoms with Crippen molar-refractivity contribution in [2.24, 2.45) is 5.92 Å².